The summed E-state index contributed by atoms with van der Waals surface area (Å²) >= 11 is 1.01. The van der Waals surface area contributed by atoms with Crippen LogP contribution in [-0.2, 0) is 14.6 Å². The number of amides is 1. The van der Waals surface area contributed by atoms with Crippen molar-refractivity contribution in [3.05, 3.63) is 16.3 Å². The Morgan fingerprint density at radius 3 is 2.80 bits per heavy atom. The highest BCUT2D eigenvalue weighted by Crippen LogP contribution is 2.21. The van der Waals surface area contributed by atoms with E-state index in [0.717, 1.165) is 11.3 Å². The zero-order valence-corrected chi connectivity index (χ0v) is 12.0. The highest BCUT2D eigenvalue weighted by molar-refractivity contribution is 7.91. The Hall–Kier alpha value is -1.61. The van der Waals surface area contributed by atoms with Gasteiger partial charge in [-0.1, -0.05) is 0 Å². The first kappa shape index (κ1) is 14.8. The number of carboxylic acids is 1. The average molecular weight is 319 g/mol. The number of aromatic carboxylic acids is 1. The van der Waals surface area contributed by atoms with Crippen molar-refractivity contribution >= 4 is 33.1 Å². The van der Waals surface area contributed by atoms with Crippen molar-refractivity contribution < 1.29 is 27.9 Å². The molecule has 0 bridgehead atoms. The van der Waals surface area contributed by atoms with Gasteiger partial charge in [-0.05, 0) is 6.42 Å². The van der Waals surface area contributed by atoms with Gasteiger partial charge in [0.2, 0.25) is 0 Å². The van der Waals surface area contributed by atoms with Gasteiger partial charge in [0.25, 0.3) is 5.91 Å². The number of rotatable bonds is 5. The van der Waals surface area contributed by atoms with E-state index in [1.165, 1.54) is 11.4 Å². The van der Waals surface area contributed by atoms with Gasteiger partial charge in [-0.2, -0.15) is 0 Å². The molecule has 0 spiro atoms. The molecule has 20 heavy (non-hydrogen) atoms. The highest BCUT2D eigenvalue weighted by Gasteiger charge is 2.28. The third-order valence-electron chi connectivity index (χ3n) is 2.75. The number of carboxylic acid groups (broad SMARTS) is 1. The molecule has 1 aromatic rings. The van der Waals surface area contributed by atoms with Gasteiger partial charge in [0.1, 0.15) is 10.6 Å². The van der Waals surface area contributed by atoms with Gasteiger partial charge in [0.15, 0.2) is 16.4 Å². The third-order valence-corrected chi connectivity index (χ3v) is 5.42. The zero-order valence-electron chi connectivity index (χ0n) is 10.4. The summed E-state index contributed by atoms with van der Waals surface area (Å²) in [6, 6.07) is 0.966. The first-order valence-electron chi connectivity index (χ1n) is 5.80. The minimum absolute atomic E-state index is 0.0413. The lowest BCUT2D eigenvalue weighted by molar-refractivity contribution is -0.123. The largest absolute Gasteiger partial charge is 0.483 e. The normalized spacial score (nSPS) is 20.5. The van der Waals surface area contributed by atoms with Gasteiger partial charge in [-0.15, -0.1) is 11.3 Å². The second-order valence-electron chi connectivity index (χ2n) is 4.41. The number of nitrogens with one attached hydrogen (secondary N) is 1. The van der Waals surface area contributed by atoms with E-state index in [0.29, 0.717) is 12.2 Å². The van der Waals surface area contributed by atoms with Crippen molar-refractivity contribution in [3.8, 4) is 5.75 Å². The highest BCUT2D eigenvalue weighted by atomic mass is 32.2. The van der Waals surface area contributed by atoms with E-state index in [9.17, 15) is 18.0 Å². The fourth-order valence-corrected chi connectivity index (χ4v) is 4.17. The summed E-state index contributed by atoms with van der Waals surface area (Å²) < 4.78 is 27.6. The number of ether oxygens (including phenoxy) is 1. The predicted octanol–water partition coefficient (Wildman–Crippen LogP) is 0.128. The number of hydrogen-bond acceptors (Lipinski definition) is 6. The summed E-state index contributed by atoms with van der Waals surface area (Å²) in [6.45, 7) is -0.271. The van der Waals surface area contributed by atoms with Gasteiger partial charge in [0.05, 0.1) is 11.5 Å². The number of sulfone groups is 1. The number of carbonyl (C=O) groups excluding carboxylic acids is 1. The molecule has 1 aliphatic heterocycles. The first-order chi connectivity index (χ1) is 9.35. The Morgan fingerprint density at radius 1 is 1.50 bits per heavy atom. The summed E-state index contributed by atoms with van der Waals surface area (Å²) in [6.07, 6.45) is 0.412. The molecule has 1 atom stereocenters. The Labute approximate surface area is 119 Å². The molecule has 110 valence electrons. The van der Waals surface area contributed by atoms with Crippen molar-refractivity contribution in [1.82, 2.24) is 5.32 Å². The third kappa shape index (κ3) is 3.94. The van der Waals surface area contributed by atoms with Crippen LogP contribution in [0.5, 0.6) is 5.75 Å². The summed E-state index contributed by atoms with van der Waals surface area (Å²) in [7, 11) is -3.03. The molecule has 7 nitrogen and oxygen atoms in total. The Balaban J connectivity index is 1.79. The minimum atomic E-state index is -3.03. The van der Waals surface area contributed by atoms with E-state index in [1.807, 2.05) is 0 Å². The zero-order chi connectivity index (χ0) is 14.8. The molecule has 2 heterocycles. The van der Waals surface area contributed by atoms with Crippen molar-refractivity contribution in [1.29, 1.82) is 0 Å². The molecule has 1 aromatic heterocycles. The van der Waals surface area contributed by atoms with E-state index >= 15 is 0 Å². The van der Waals surface area contributed by atoms with E-state index < -0.39 is 21.7 Å². The van der Waals surface area contributed by atoms with Gasteiger partial charge >= 0.3 is 5.97 Å². The van der Waals surface area contributed by atoms with Gasteiger partial charge in [-0.25, -0.2) is 13.2 Å². The maximum atomic E-state index is 11.6. The molecule has 9 heteroatoms. The van der Waals surface area contributed by atoms with Crippen LogP contribution in [0.4, 0.5) is 0 Å². The molecular formula is C11H13NO6S2. The van der Waals surface area contributed by atoms with Crippen LogP contribution >= 0.6 is 11.3 Å². The van der Waals surface area contributed by atoms with Crippen LogP contribution in [0, 0.1) is 0 Å². The fourth-order valence-electron chi connectivity index (χ4n) is 1.83. The molecule has 1 fully saturated rings. The molecule has 1 amide bonds. The summed E-state index contributed by atoms with van der Waals surface area (Å²) in [5, 5.41) is 12.8. The fraction of sp³-hybridized carbons (Fsp3) is 0.455. The maximum absolute atomic E-state index is 11.6. The van der Waals surface area contributed by atoms with E-state index in [4.69, 9.17) is 9.84 Å². The lowest BCUT2D eigenvalue weighted by Gasteiger charge is -2.10. The molecule has 0 saturated carbocycles. The standard InChI is InChI=1S/C11H13NO6S2/c13-10(12-7-1-2-20(16,17)6-7)4-18-8-3-9(11(14)15)19-5-8/h3,5,7H,1-2,4,6H2,(H,12,13)(H,14,15). The number of carbonyl (C=O) groups is 2. The van der Waals surface area contributed by atoms with Crippen LogP contribution in [0.3, 0.4) is 0 Å². The lowest BCUT2D eigenvalue weighted by Crippen LogP contribution is -2.38. The lowest BCUT2D eigenvalue weighted by atomic mass is 10.2. The molecule has 2 rings (SSSR count). The van der Waals surface area contributed by atoms with Crippen LogP contribution in [-0.4, -0.2) is 49.6 Å². The molecule has 1 unspecified atom stereocenters. The first-order valence-corrected chi connectivity index (χ1v) is 8.50. The monoisotopic (exact) mass is 319 g/mol. The van der Waals surface area contributed by atoms with E-state index in [-0.39, 0.29) is 29.0 Å². The van der Waals surface area contributed by atoms with E-state index in [1.54, 1.807) is 0 Å². The molecule has 0 aliphatic carbocycles. The van der Waals surface area contributed by atoms with Gasteiger partial charge in [-0.3, -0.25) is 4.79 Å². The van der Waals surface area contributed by atoms with Crippen molar-refractivity contribution in [2.24, 2.45) is 0 Å². The minimum Gasteiger partial charge on any atom is -0.483 e. The quantitative estimate of drug-likeness (QED) is 0.798. The van der Waals surface area contributed by atoms with Crippen LogP contribution < -0.4 is 10.1 Å². The van der Waals surface area contributed by atoms with Crippen LogP contribution in [0.15, 0.2) is 11.4 Å². The predicted molar refractivity (Wildman–Crippen MR) is 72.0 cm³/mol. The number of hydrogen-bond donors (Lipinski definition) is 2. The Morgan fingerprint density at radius 2 is 2.25 bits per heavy atom. The topological polar surface area (TPSA) is 110 Å². The smallest absolute Gasteiger partial charge is 0.346 e. The average Bonchev–Trinajstić information content (AvgIpc) is 2.93. The van der Waals surface area contributed by atoms with Crippen molar-refractivity contribution in [2.75, 3.05) is 18.1 Å². The second kappa shape index (κ2) is 5.80. The Kier molecular flexibility index (Phi) is 4.29. The van der Waals surface area contributed by atoms with Crippen LogP contribution in [0.2, 0.25) is 0 Å². The molecule has 1 saturated heterocycles. The van der Waals surface area contributed by atoms with E-state index in [2.05, 4.69) is 5.32 Å². The number of thiophene rings is 1. The van der Waals surface area contributed by atoms with Gasteiger partial charge < -0.3 is 15.2 Å². The van der Waals surface area contributed by atoms with Gasteiger partial charge in [0, 0.05) is 17.5 Å². The molecular weight excluding hydrogens is 306 g/mol. The maximum Gasteiger partial charge on any atom is 0.346 e. The Bertz CT molecular complexity index is 621. The molecule has 0 radical (unpaired) electrons. The molecule has 0 aromatic carbocycles. The van der Waals surface area contributed by atoms with Crippen molar-refractivity contribution in [3.63, 3.8) is 0 Å². The molecule has 1 aliphatic rings. The molecule has 2 N–H and O–H groups in total. The van der Waals surface area contributed by atoms with Crippen LogP contribution in [0.25, 0.3) is 0 Å². The summed E-state index contributed by atoms with van der Waals surface area (Å²) in [5.74, 6) is -1.12. The van der Waals surface area contributed by atoms with Crippen molar-refractivity contribution in [2.45, 2.75) is 12.5 Å². The van der Waals surface area contributed by atoms with Crippen LogP contribution in [0.1, 0.15) is 16.1 Å². The summed E-state index contributed by atoms with van der Waals surface area (Å²) in [5.41, 5.74) is 0. The second-order valence-corrected chi connectivity index (χ2v) is 7.55. The SMILES string of the molecule is O=C(COc1csc(C(=O)O)c1)NC1CCS(=O)(=O)C1. The summed E-state index contributed by atoms with van der Waals surface area (Å²) in [4.78, 5) is 22.4.